The van der Waals surface area contributed by atoms with E-state index in [1.54, 1.807) is 0 Å². The van der Waals surface area contributed by atoms with E-state index in [2.05, 4.69) is 29.3 Å². The fraction of sp³-hybridized carbons (Fsp3) is 0.583. The Morgan fingerprint density at radius 3 is 0.700 bits per heavy atom. The van der Waals surface area contributed by atoms with Crippen LogP contribution in [0.3, 0.4) is 0 Å². The normalized spacial score (nSPS) is 15.8. The van der Waals surface area contributed by atoms with Gasteiger partial charge in [-0.3, -0.25) is 0 Å². The van der Waals surface area contributed by atoms with E-state index in [0.717, 1.165) is 0 Å². The van der Waals surface area contributed by atoms with Gasteiger partial charge in [-0.15, -0.1) is 0 Å². The van der Waals surface area contributed by atoms with Crippen LogP contribution in [0.4, 0.5) is 132 Å². The summed E-state index contributed by atoms with van der Waals surface area (Å²) < 4.78 is 411. The van der Waals surface area contributed by atoms with Crippen LogP contribution in [-0.2, 0) is 11.8 Å². The van der Waals surface area contributed by atoms with Crippen molar-refractivity contribution >= 4 is 0 Å². The zero-order valence-electron chi connectivity index (χ0n) is 26.3. The number of hydrogen-bond donors (Lipinski definition) is 0. The Balaban J connectivity index is 1.97. The van der Waals surface area contributed by atoms with Gasteiger partial charge in [0.15, 0.2) is 0 Å². The lowest BCUT2D eigenvalue weighted by atomic mass is 9.91. The minimum absolute atomic E-state index is 0.239. The average Bonchev–Trinajstić information content (AvgIpc) is 3.78. The maximum absolute atomic E-state index is 14.4. The molecule has 2 heterocycles. The van der Waals surface area contributed by atoms with Gasteiger partial charge in [0, 0.05) is 11.1 Å². The van der Waals surface area contributed by atoms with Crippen molar-refractivity contribution in [1.29, 1.82) is 0 Å². The van der Waals surface area contributed by atoms with Crippen molar-refractivity contribution in [2.45, 2.75) is 83.4 Å². The van der Waals surface area contributed by atoms with Crippen molar-refractivity contribution in [3.8, 4) is 22.8 Å². The molecule has 60 heavy (non-hydrogen) atoms. The smallest absolute Gasteiger partial charge is 0.332 e. The van der Waals surface area contributed by atoms with E-state index in [-0.39, 0.29) is 24.3 Å². The molecule has 0 atom stereocenters. The number of hydrogen-bond acceptors (Lipinski definition) is 6. The highest BCUT2D eigenvalue weighted by molar-refractivity contribution is 5.62. The van der Waals surface area contributed by atoms with E-state index in [1.807, 2.05) is 0 Å². The Bertz CT molecular complexity index is 1880. The average molecular weight is 950 g/mol. The molecule has 0 unspecified atom stereocenters. The molecule has 2 aromatic heterocycles. The summed E-state index contributed by atoms with van der Waals surface area (Å²) in [4.78, 5) is 4.58. The Hall–Kier alpha value is -4.60. The van der Waals surface area contributed by atoms with Crippen molar-refractivity contribution < 1.29 is 141 Å². The van der Waals surface area contributed by atoms with Gasteiger partial charge in [0.2, 0.25) is 11.6 Å². The van der Waals surface area contributed by atoms with Crippen LogP contribution in [-0.4, -0.2) is 91.9 Å². The van der Waals surface area contributed by atoms with Gasteiger partial charge in [0.05, 0.1) is 0 Å². The van der Waals surface area contributed by atoms with E-state index in [0.29, 0.717) is 0 Å². The number of nitrogens with zero attached hydrogens (tertiary/aromatic N) is 4. The summed E-state index contributed by atoms with van der Waals surface area (Å²) in [7, 11) is 0. The second-order valence-electron chi connectivity index (χ2n) is 11.3. The van der Waals surface area contributed by atoms with Crippen LogP contribution in [0, 0.1) is 0 Å². The third kappa shape index (κ3) is 6.40. The molecule has 0 aliphatic rings. The lowest BCUT2D eigenvalue weighted by Crippen LogP contribution is -2.72. The van der Waals surface area contributed by atoms with Crippen LogP contribution in [0.2, 0.25) is 0 Å². The highest BCUT2D eigenvalue weighted by atomic mass is 19.4. The Morgan fingerprint density at radius 1 is 0.283 bits per heavy atom. The van der Waals surface area contributed by atoms with E-state index in [4.69, 9.17) is 0 Å². The summed E-state index contributed by atoms with van der Waals surface area (Å²) in [5, 5.41) is 4.82. The van der Waals surface area contributed by atoms with Crippen LogP contribution in [0.25, 0.3) is 22.8 Å². The molecule has 0 N–H and O–H groups in total. The Morgan fingerprint density at radius 2 is 0.483 bits per heavy atom. The van der Waals surface area contributed by atoms with Crippen LogP contribution < -0.4 is 0 Å². The molecule has 0 aliphatic heterocycles. The molecule has 0 amide bonds. The molecule has 1 aromatic carbocycles. The lowest BCUT2D eigenvalue weighted by Gasteiger charge is -2.40. The number of benzene rings is 1. The minimum atomic E-state index is -8.70. The number of alkyl halides is 30. The molecule has 0 bridgehead atoms. The standard InChI is InChI=1S/C24H4F30N4O2/c25-11(26,13(29,30)15(33,34)17(37,38)19(41,42)21(45,46)23(49,50)51)9-55-7(57-59-9)5-1-2-6(4-3-5)8-56-10(60-58-8)12(27,28)14(31,32)16(35,36)18(39,40)20(43,44)22(47,48)24(52,53)54/h1-4H. The van der Waals surface area contributed by atoms with Crippen molar-refractivity contribution in [1.82, 2.24) is 20.3 Å². The maximum Gasteiger partial charge on any atom is 0.460 e. The second-order valence-corrected chi connectivity index (χ2v) is 11.3. The zero-order chi connectivity index (χ0) is 47.5. The molecule has 0 aliphatic carbocycles. The predicted octanol–water partition coefficient (Wildman–Crippen LogP) is 11.4. The van der Waals surface area contributed by atoms with E-state index >= 15 is 0 Å². The molecule has 36 heteroatoms. The predicted molar refractivity (Wildman–Crippen MR) is 122 cm³/mol. The fourth-order valence-corrected chi connectivity index (χ4v) is 3.91. The molecule has 3 aromatic rings. The summed E-state index contributed by atoms with van der Waals surface area (Å²) in [6.45, 7) is 0. The first-order valence-electron chi connectivity index (χ1n) is 13.6. The fourth-order valence-electron chi connectivity index (χ4n) is 3.91. The van der Waals surface area contributed by atoms with Crippen molar-refractivity contribution in [2.75, 3.05) is 0 Å². The first-order chi connectivity index (χ1) is 26.1. The molecule has 0 saturated heterocycles. The van der Waals surface area contributed by atoms with Crippen molar-refractivity contribution in [3.05, 3.63) is 36.0 Å². The largest absolute Gasteiger partial charge is 0.460 e. The third-order valence-electron chi connectivity index (χ3n) is 7.45. The molecular weight excluding hydrogens is 946 g/mol. The first-order valence-corrected chi connectivity index (χ1v) is 13.6. The van der Waals surface area contributed by atoms with Gasteiger partial charge >= 0.3 is 95.2 Å². The first kappa shape index (κ1) is 49.8. The van der Waals surface area contributed by atoms with Gasteiger partial charge in [-0.25, -0.2) is 0 Å². The van der Waals surface area contributed by atoms with E-state index in [1.165, 1.54) is 0 Å². The van der Waals surface area contributed by atoms with Crippen LogP contribution in [0.15, 0.2) is 33.3 Å². The molecule has 6 nitrogen and oxygen atoms in total. The van der Waals surface area contributed by atoms with E-state index < -0.39 is 118 Å². The molecule has 0 fully saturated rings. The molecule has 0 radical (unpaired) electrons. The van der Waals surface area contributed by atoms with Crippen LogP contribution in [0.5, 0.6) is 0 Å². The molecule has 0 spiro atoms. The highest BCUT2D eigenvalue weighted by Gasteiger charge is 2.95. The summed E-state index contributed by atoms with van der Waals surface area (Å²) in [6.07, 6.45) is -15.8. The van der Waals surface area contributed by atoms with Crippen molar-refractivity contribution in [2.24, 2.45) is 0 Å². The maximum atomic E-state index is 14.4. The van der Waals surface area contributed by atoms with Gasteiger partial charge in [-0.05, 0) is 0 Å². The van der Waals surface area contributed by atoms with Gasteiger partial charge in [-0.2, -0.15) is 142 Å². The number of rotatable bonds is 14. The topological polar surface area (TPSA) is 77.8 Å². The number of aromatic nitrogens is 4. The monoisotopic (exact) mass is 950 g/mol. The summed E-state index contributed by atoms with van der Waals surface area (Å²) in [5.74, 6) is -109. The van der Waals surface area contributed by atoms with Crippen LogP contribution in [0.1, 0.15) is 11.8 Å². The van der Waals surface area contributed by atoms with Crippen LogP contribution >= 0.6 is 0 Å². The zero-order valence-corrected chi connectivity index (χ0v) is 26.3. The van der Waals surface area contributed by atoms with Gasteiger partial charge in [0.1, 0.15) is 0 Å². The van der Waals surface area contributed by atoms with Gasteiger partial charge < -0.3 is 9.05 Å². The summed E-state index contributed by atoms with van der Waals surface area (Å²) in [5.41, 5.74) is -2.08. The molecule has 3 rings (SSSR count). The molecule has 0 saturated carbocycles. The Kier molecular flexibility index (Phi) is 11.2. The SMILES string of the molecule is FC(F)(F)C(F)(F)C(F)(F)C(F)(F)C(F)(F)C(F)(F)C(F)(F)c1nc(-c2ccc(-c3noc(C(F)(F)C(F)(F)C(F)(F)C(F)(F)C(F)(F)C(F)(F)C(F)(F)F)n3)cc2)no1. The molecular formula is C24H4F30N4O2. The highest BCUT2D eigenvalue weighted by Crippen LogP contribution is 2.65. The lowest BCUT2D eigenvalue weighted by molar-refractivity contribution is -0.454. The summed E-state index contributed by atoms with van der Waals surface area (Å²) >= 11 is 0. The molecule has 342 valence electrons. The minimum Gasteiger partial charge on any atom is -0.332 e. The quantitative estimate of drug-likeness (QED) is 0.150. The van der Waals surface area contributed by atoms with Gasteiger partial charge in [-0.1, -0.05) is 34.6 Å². The Labute approximate surface area is 304 Å². The second kappa shape index (κ2) is 13.4. The van der Waals surface area contributed by atoms with E-state index in [9.17, 15) is 132 Å². The third-order valence-corrected chi connectivity index (χ3v) is 7.45. The van der Waals surface area contributed by atoms with Gasteiger partial charge in [0.25, 0.3) is 0 Å². The summed E-state index contributed by atoms with van der Waals surface area (Å²) in [6, 6.07) is 0.957. The van der Waals surface area contributed by atoms with Crippen molar-refractivity contribution in [3.63, 3.8) is 0 Å². The number of halogens is 30.